The molecule has 2 aliphatic rings. The van der Waals surface area contributed by atoms with E-state index >= 15 is 0 Å². The van der Waals surface area contributed by atoms with Crippen molar-refractivity contribution >= 4 is 5.91 Å². The van der Waals surface area contributed by atoms with Crippen LogP contribution in [0.2, 0.25) is 0 Å². The van der Waals surface area contributed by atoms with Gasteiger partial charge in [-0.1, -0.05) is 27.2 Å². The zero-order valence-electron chi connectivity index (χ0n) is 12.7. The molecule has 4 heteroatoms. The standard InChI is InChI=1S/C15H28N2O2/c1-5-6-9-19-13-10-12(15(13,2)3)16-11-7-8-17(4)14(11)18/h11-13,16H,5-10H2,1-4H3/t11-,12-,13+/m0/s1. The summed E-state index contributed by atoms with van der Waals surface area (Å²) in [5.41, 5.74) is 0.134. The SMILES string of the molecule is CCCCO[C@@H]1C[C@H](N[C@H]2CCN(C)C2=O)C1(C)C. The van der Waals surface area contributed by atoms with E-state index in [2.05, 4.69) is 26.1 Å². The lowest BCUT2D eigenvalue weighted by Crippen LogP contribution is -2.63. The third-order valence-corrected chi connectivity index (χ3v) is 4.82. The molecule has 1 amide bonds. The molecule has 1 heterocycles. The highest BCUT2D eigenvalue weighted by molar-refractivity contribution is 5.83. The second-order valence-electron chi connectivity index (χ2n) is 6.59. The first-order chi connectivity index (χ1) is 8.96. The van der Waals surface area contributed by atoms with E-state index in [0.29, 0.717) is 12.1 Å². The third-order valence-electron chi connectivity index (χ3n) is 4.82. The van der Waals surface area contributed by atoms with Crippen LogP contribution in [0, 0.1) is 5.41 Å². The minimum Gasteiger partial charge on any atom is -0.378 e. The Labute approximate surface area is 116 Å². The maximum atomic E-state index is 11.9. The van der Waals surface area contributed by atoms with E-state index in [1.54, 1.807) is 0 Å². The van der Waals surface area contributed by atoms with E-state index in [-0.39, 0.29) is 17.4 Å². The first-order valence-corrected chi connectivity index (χ1v) is 7.59. The van der Waals surface area contributed by atoms with Crippen LogP contribution in [-0.4, -0.2) is 49.2 Å². The number of amides is 1. The highest BCUT2D eigenvalue weighted by atomic mass is 16.5. The molecule has 110 valence electrons. The molecule has 1 aliphatic carbocycles. The summed E-state index contributed by atoms with van der Waals surface area (Å²) in [5.74, 6) is 0.242. The van der Waals surface area contributed by atoms with Gasteiger partial charge in [0.05, 0.1) is 12.1 Å². The monoisotopic (exact) mass is 268 g/mol. The normalized spacial score (nSPS) is 33.6. The number of carbonyl (C=O) groups is 1. The Hall–Kier alpha value is -0.610. The highest BCUT2D eigenvalue weighted by Crippen LogP contribution is 2.43. The molecule has 0 unspecified atom stereocenters. The minimum absolute atomic E-state index is 0.0193. The van der Waals surface area contributed by atoms with E-state index in [0.717, 1.165) is 32.4 Å². The number of hydrogen-bond acceptors (Lipinski definition) is 3. The van der Waals surface area contributed by atoms with Crippen LogP contribution >= 0.6 is 0 Å². The van der Waals surface area contributed by atoms with Gasteiger partial charge in [0.2, 0.25) is 5.91 Å². The lowest BCUT2D eigenvalue weighted by Gasteiger charge is -2.52. The fraction of sp³-hybridized carbons (Fsp3) is 0.933. The Morgan fingerprint density at radius 3 is 2.74 bits per heavy atom. The molecule has 19 heavy (non-hydrogen) atoms. The van der Waals surface area contributed by atoms with Gasteiger partial charge in [-0.05, 0) is 19.3 Å². The average Bonchev–Trinajstić information content (AvgIpc) is 2.68. The second kappa shape index (κ2) is 5.80. The molecule has 0 aromatic rings. The van der Waals surface area contributed by atoms with E-state index in [4.69, 9.17) is 4.74 Å². The minimum atomic E-state index is 0.0193. The number of nitrogens with zero attached hydrogens (tertiary/aromatic N) is 1. The van der Waals surface area contributed by atoms with Crippen molar-refractivity contribution < 1.29 is 9.53 Å². The summed E-state index contributed by atoms with van der Waals surface area (Å²) in [5, 5.41) is 3.53. The van der Waals surface area contributed by atoms with Crippen molar-refractivity contribution in [2.75, 3.05) is 20.2 Å². The lowest BCUT2D eigenvalue weighted by atomic mass is 9.64. The molecule has 0 spiro atoms. The molecule has 2 rings (SSSR count). The number of hydrogen-bond donors (Lipinski definition) is 1. The summed E-state index contributed by atoms with van der Waals surface area (Å²) < 4.78 is 5.94. The Morgan fingerprint density at radius 2 is 2.21 bits per heavy atom. The number of unbranched alkanes of at least 4 members (excludes halogenated alkanes) is 1. The Bertz CT molecular complexity index is 330. The van der Waals surface area contributed by atoms with Gasteiger partial charge >= 0.3 is 0 Å². The molecule has 4 nitrogen and oxygen atoms in total. The molecule has 1 saturated carbocycles. The number of carbonyl (C=O) groups excluding carboxylic acids is 1. The van der Waals surface area contributed by atoms with Crippen molar-refractivity contribution in [3.05, 3.63) is 0 Å². The van der Waals surface area contributed by atoms with Crippen molar-refractivity contribution in [2.45, 2.75) is 64.6 Å². The van der Waals surface area contributed by atoms with Crippen LogP contribution in [0.25, 0.3) is 0 Å². The van der Waals surface area contributed by atoms with Crippen LogP contribution in [0.15, 0.2) is 0 Å². The molecule has 0 radical (unpaired) electrons. The van der Waals surface area contributed by atoms with Crippen LogP contribution < -0.4 is 5.32 Å². The smallest absolute Gasteiger partial charge is 0.239 e. The number of nitrogens with one attached hydrogen (secondary N) is 1. The number of ether oxygens (including phenoxy) is 1. The fourth-order valence-electron chi connectivity index (χ4n) is 3.04. The largest absolute Gasteiger partial charge is 0.378 e. The van der Waals surface area contributed by atoms with Crippen molar-refractivity contribution in [3.8, 4) is 0 Å². The maximum Gasteiger partial charge on any atom is 0.239 e. The van der Waals surface area contributed by atoms with Gasteiger partial charge in [-0.3, -0.25) is 4.79 Å². The van der Waals surface area contributed by atoms with Gasteiger partial charge in [-0.2, -0.15) is 0 Å². The molecular weight excluding hydrogens is 240 g/mol. The molecular formula is C15H28N2O2. The molecule has 3 atom stereocenters. The van der Waals surface area contributed by atoms with Crippen molar-refractivity contribution in [3.63, 3.8) is 0 Å². The molecule has 1 saturated heterocycles. The van der Waals surface area contributed by atoms with Gasteiger partial charge in [-0.15, -0.1) is 0 Å². The van der Waals surface area contributed by atoms with E-state index in [1.165, 1.54) is 6.42 Å². The van der Waals surface area contributed by atoms with Gasteiger partial charge < -0.3 is 15.0 Å². The fourth-order valence-corrected chi connectivity index (χ4v) is 3.04. The van der Waals surface area contributed by atoms with Crippen molar-refractivity contribution in [1.82, 2.24) is 10.2 Å². The molecule has 2 fully saturated rings. The zero-order valence-corrected chi connectivity index (χ0v) is 12.7. The molecule has 1 N–H and O–H groups in total. The summed E-state index contributed by atoms with van der Waals surface area (Å²) in [7, 11) is 1.88. The number of rotatable bonds is 6. The summed E-state index contributed by atoms with van der Waals surface area (Å²) in [6.45, 7) is 8.41. The predicted octanol–water partition coefficient (Wildman–Crippen LogP) is 1.79. The Kier molecular flexibility index (Phi) is 4.51. The van der Waals surface area contributed by atoms with E-state index in [9.17, 15) is 4.79 Å². The van der Waals surface area contributed by atoms with Gasteiger partial charge in [0.1, 0.15) is 0 Å². The Morgan fingerprint density at radius 1 is 1.47 bits per heavy atom. The van der Waals surface area contributed by atoms with Crippen molar-refractivity contribution in [1.29, 1.82) is 0 Å². The lowest BCUT2D eigenvalue weighted by molar-refractivity contribution is -0.134. The van der Waals surface area contributed by atoms with Gasteiger partial charge in [-0.25, -0.2) is 0 Å². The molecule has 0 aromatic carbocycles. The number of likely N-dealkylation sites (N-methyl/N-ethyl adjacent to an activating group) is 1. The summed E-state index contributed by atoms with van der Waals surface area (Å²) in [6.07, 6.45) is 4.62. The van der Waals surface area contributed by atoms with Crippen molar-refractivity contribution in [2.24, 2.45) is 5.41 Å². The third kappa shape index (κ3) is 2.95. The summed E-state index contributed by atoms with van der Waals surface area (Å²) in [6, 6.07) is 0.422. The summed E-state index contributed by atoms with van der Waals surface area (Å²) >= 11 is 0. The molecule has 0 bridgehead atoms. The van der Waals surface area contributed by atoms with Crippen LogP contribution in [0.5, 0.6) is 0 Å². The topological polar surface area (TPSA) is 41.6 Å². The van der Waals surface area contributed by atoms with E-state index < -0.39 is 0 Å². The highest BCUT2D eigenvalue weighted by Gasteiger charge is 2.50. The maximum absolute atomic E-state index is 11.9. The van der Waals surface area contributed by atoms with Crippen LogP contribution in [-0.2, 0) is 9.53 Å². The average molecular weight is 268 g/mol. The van der Waals surface area contributed by atoms with Crippen LogP contribution in [0.1, 0.15) is 46.5 Å². The zero-order chi connectivity index (χ0) is 14.0. The first kappa shape index (κ1) is 14.8. The molecule has 1 aliphatic heterocycles. The molecule has 0 aromatic heterocycles. The summed E-state index contributed by atoms with van der Waals surface area (Å²) in [4.78, 5) is 13.7. The van der Waals surface area contributed by atoms with Gasteiger partial charge in [0, 0.05) is 31.7 Å². The van der Waals surface area contributed by atoms with Gasteiger partial charge in [0.15, 0.2) is 0 Å². The quantitative estimate of drug-likeness (QED) is 0.747. The van der Waals surface area contributed by atoms with E-state index in [1.807, 2.05) is 11.9 Å². The van der Waals surface area contributed by atoms with Crippen LogP contribution in [0.3, 0.4) is 0 Å². The Balaban J connectivity index is 1.79. The predicted molar refractivity (Wildman–Crippen MR) is 76.0 cm³/mol. The first-order valence-electron chi connectivity index (χ1n) is 7.59. The second-order valence-corrected chi connectivity index (χ2v) is 6.59. The van der Waals surface area contributed by atoms with Gasteiger partial charge in [0.25, 0.3) is 0 Å². The van der Waals surface area contributed by atoms with Crippen LogP contribution in [0.4, 0.5) is 0 Å². The number of likely N-dealkylation sites (tertiary alicyclic amines) is 1.